The molecule has 4 saturated carbocycles. The van der Waals surface area contributed by atoms with E-state index in [0.717, 1.165) is 67.3 Å². The number of benzene rings is 8. The number of aromatic nitrogens is 1. The molecule has 11 aliphatic rings. The fourth-order valence-corrected chi connectivity index (χ4v) is 20.9. The minimum Gasteiger partial charge on any atom is -0.308 e. The molecule has 0 amide bonds. The van der Waals surface area contributed by atoms with Gasteiger partial charge in [0.2, 0.25) is 6.71 Å². The lowest BCUT2D eigenvalue weighted by Crippen LogP contribution is -2.60. The molecule has 10 aromatic carbocycles. The van der Waals surface area contributed by atoms with Crippen molar-refractivity contribution >= 4 is 126 Å². The summed E-state index contributed by atoms with van der Waals surface area (Å²) in [6, 6.07) is 30.5. The summed E-state index contributed by atoms with van der Waals surface area (Å²) in [5, 5.41) is 19.1. The Morgan fingerprint density at radius 2 is 0.806 bits per heavy atom. The lowest BCUT2D eigenvalue weighted by molar-refractivity contribution is 0.166. The molecule has 342 valence electrons. The van der Waals surface area contributed by atoms with Crippen LogP contribution in [0.15, 0.2) is 88.5 Å². The lowest BCUT2D eigenvalue weighted by Gasteiger charge is -2.42. The number of rotatable bonds is 0. The third-order valence-corrected chi connectivity index (χ3v) is 22.6. The molecule has 23 rings (SSSR count). The summed E-state index contributed by atoms with van der Waals surface area (Å²) in [7, 11) is 0. The Morgan fingerprint density at radius 1 is 0.403 bits per heavy atom. The van der Waals surface area contributed by atoms with Gasteiger partial charge in [-0.1, -0.05) is 93.0 Å². The van der Waals surface area contributed by atoms with E-state index in [2.05, 4.69) is 104 Å². The summed E-state index contributed by atoms with van der Waals surface area (Å²) >= 11 is 0. The Morgan fingerprint density at radius 3 is 1.22 bits per heavy atom. The highest BCUT2D eigenvalue weighted by Gasteiger charge is 2.53. The average Bonchev–Trinajstić information content (AvgIpc) is 3.77. The van der Waals surface area contributed by atoms with Crippen molar-refractivity contribution in [1.29, 1.82) is 0 Å². The topological polar surface area (TPSA) is 38.5 Å². The molecule has 72 heavy (non-hydrogen) atoms. The molecule has 4 atom stereocenters. The zero-order valence-electron chi connectivity index (χ0n) is 41.0. The molecular formula is C68H50BNO2. The van der Waals surface area contributed by atoms with Gasteiger partial charge in [0, 0.05) is 21.5 Å². The number of pyridine rings is 2. The van der Waals surface area contributed by atoms with Crippen LogP contribution in [-0.4, -0.2) is 11.1 Å². The van der Waals surface area contributed by atoms with E-state index < -0.39 is 0 Å². The van der Waals surface area contributed by atoms with Crippen LogP contribution in [0.3, 0.4) is 0 Å². The molecule has 12 aromatic rings. The molecule has 3 aliphatic heterocycles. The predicted octanol–water partition coefficient (Wildman–Crippen LogP) is 14.2. The summed E-state index contributed by atoms with van der Waals surface area (Å²) in [5.74, 6) is 5.22. The second-order valence-corrected chi connectivity index (χ2v) is 26.7. The number of nitrogens with zero attached hydrogens (tertiary/aromatic N) is 1. The van der Waals surface area contributed by atoms with Gasteiger partial charge < -0.3 is 4.40 Å². The smallest absolute Gasteiger partial charge is 0.250 e. The third-order valence-electron chi connectivity index (χ3n) is 22.6. The highest BCUT2D eigenvalue weighted by Crippen LogP contribution is 2.66. The van der Waals surface area contributed by atoms with Crippen LogP contribution in [0.5, 0.6) is 0 Å². The summed E-state index contributed by atoms with van der Waals surface area (Å²) in [6.07, 6.45) is 13.1. The molecule has 4 unspecified atom stereocenters. The largest absolute Gasteiger partial charge is 0.308 e. The van der Waals surface area contributed by atoms with Crippen molar-refractivity contribution in [2.24, 2.45) is 23.7 Å². The normalized spacial score (nSPS) is 26.6. The van der Waals surface area contributed by atoms with E-state index in [-0.39, 0.29) is 23.0 Å². The van der Waals surface area contributed by atoms with E-state index >= 15 is 9.59 Å². The van der Waals surface area contributed by atoms with Crippen molar-refractivity contribution in [2.75, 3.05) is 0 Å². The summed E-state index contributed by atoms with van der Waals surface area (Å²) in [4.78, 5) is 33.2. The van der Waals surface area contributed by atoms with Crippen LogP contribution in [0, 0.1) is 23.7 Å². The molecule has 5 heterocycles. The van der Waals surface area contributed by atoms with Crippen molar-refractivity contribution in [3.8, 4) is 22.3 Å². The van der Waals surface area contributed by atoms with Crippen LogP contribution in [-0.2, 0) is 5.41 Å². The second kappa shape index (κ2) is 11.3. The highest BCUT2D eigenvalue weighted by molar-refractivity contribution is 7.05. The van der Waals surface area contributed by atoms with Crippen molar-refractivity contribution in [2.45, 2.75) is 114 Å². The Labute approximate surface area is 415 Å². The van der Waals surface area contributed by atoms with Crippen LogP contribution in [0.2, 0.25) is 0 Å². The number of hydrogen-bond donors (Lipinski definition) is 0. The molecule has 8 bridgehead atoms. The number of hydrogen-bond acceptors (Lipinski definition) is 2. The zero-order valence-corrected chi connectivity index (χ0v) is 41.0. The van der Waals surface area contributed by atoms with Crippen LogP contribution < -0.4 is 27.2 Å². The fourth-order valence-electron chi connectivity index (χ4n) is 20.9. The third kappa shape index (κ3) is 3.68. The van der Waals surface area contributed by atoms with Gasteiger partial charge in [0.25, 0.3) is 0 Å². The monoisotopic (exact) mass is 923 g/mol. The van der Waals surface area contributed by atoms with Crippen molar-refractivity contribution in [3.63, 3.8) is 0 Å². The van der Waals surface area contributed by atoms with Crippen LogP contribution in [0.25, 0.3) is 125 Å². The molecule has 3 nitrogen and oxygen atoms in total. The van der Waals surface area contributed by atoms with E-state index in [1.54, 1.807) is 22.3 Å². The first-order chi connectivity index (χ1) is 35.2. The molecule has 4 fully saturated rings. The van der Waals surface area contributed by atoms with Crippen molar-refractivity contribution < 1.29 is 0 Å². The molecule has 0 saturated heterocycles. The van der Waals surface area contributed by atoms with Gasteiger partial charge >= 0.3 is 0 Å². The van der Waals surface area contributed by atoms with Gasteiger partial charge in [0.05, 0.1) is 27.3 Å². The SMILES string of the molecule is CC(C)(C)c1cc2c(=O)c3c4c5ccccc5c5c6c(c7c(c8c3n3c9c%10c%11c(c%12c(c%13c%14ccccc%14c(c9c(=O)c(c1)c23)c%11%13)C1CC2CC(CC%12C2)C1)-c1cccc-7c1B8%10)c54)C1CC2CC(C1)CC6C2. The molecule has 0 radical (unpaired) electrons. The van der Waals surface area contributed by atoms with Gasteiger partial charge in [-0.25, -0.2) is 0 Å². The van der Waals surface area contributed by atoms with Crippen LogP contribution in [0.1, 0.15) is 136 Å². The van der Waals surface area contributed by atoms with Gasteiger partial charge in [-0.2, -0.15) is 0 Å². The fraction of sp³-hybridized carbons (Fsp3) is 0.324. The van der Waals surface area contributed by atoms with Crippen LogP contribution in [0.4, 0.5) is 0 Å². The molecule has 4 heteroatoms. The summed E-state index contributed by atoms with van der Waals surface area (Å²) in [6.45, 7) is 6.62. The maximum atomic E-state index is 16.6. The highest BCUT2D eigenvalue weighted by atomic mass is 16.1. The van der Waals surface area contributed by atoms with Crippen molar-refractivity contribution in [1.82, 2.24) is 4.40 Å². The number of fused-ring (bicyclic) bond motifs is 10. The van der Waals surface area contributed by atoms with Gasteiger partial charge in [0.1, 0.15) is 0 Å². The van der Waals surface area contributed by atoms with E-state index in [9.17, 15) is 0 Å². The van der Waals surface area contributed by atoms with E-state index in [1.807, 2.05) is 0 Å². The molecular weight excluding hydrogens is 874 g/mol. The first kappa shape index (κ1) is 37.3. The first-order valence-corrected chi connectivity index (χ1v) is 28.1. The Kier molecular flexibility index (Phi) is 5.86. The zero-order chi connectivity index (χ0) is 46.6. The minimum atomic E-state index is -0.284. The molecule has 0 spiro atoms. The van der Waals surface area contributed by atoms with Gasteiger partial charge in [-0.05, 0) is 244 Å². The maximum absolute atomic E-state index is 16.6. The van der Waals surface area contributed by atoms with E-state index in [0.29, 0.717) is 34.4 Å². The molecule has 0 N–H and O–H groups in total. The predicted molar refractivity (Wildman–Crippen MR) is 300 cm³/mol. The lowest BCUT2D eigenvalue weighted by atomic mass is 9.29. The summed E-state index contributed by atoms with van der Waals surface area (Å²) in [5.41, 5.74) is 20.8. The van der Waals surface area contributed by atoms with E-state index in [4.69, 9.17) is 0 Å². The molecule has 2 aromatic heterocycles. The van der Waals surface area contributed by atoms with Crippen molar-refractivity contribution in [3.05, 3.63) is 127 Å². The summed E-state index contributed by atoms with van der Waals surface area (Å²) < 4.78 is 2.60. The minimum absolute atomic E-state index is 0.0975. The van der Waals surface area contributed by atoms with E-state index in [1.165, 1.54) is 157 Å². The second-order valence-electron chi connectivity index (χ2n) is 26.7. The van der Waals surface area contributed by atoms with Gasteiger partial charge in [-0.15, -0.1) is 0 Å². The first-order valence-electron chi connectivity index (χ1n) is 28.1. The Bertz CT molecular complexity index is 4590. The standard InChI is InChI=1S/C68H50BNO2/c1-68(2,3)35-25-42-63-43(26-35)67(72)59-51-39-12-7-5-10-37(39)49-45-32-19-29-16-30(20-32)24-34(23-29)47(45)53-41-14-8-13-40-52-46-33-21-27-15-28(22-33)18-31(17-27)44(46)48-36-9-4-6-11-38(36)50-54(48)56(52)61-64(58(50)66(42)71)70(63)65(59)62(57(53)55(49)51)69(61)60(40)41/h4-14,25-34H,15-24H2,1-3H3. The molecule has 8 aliphatic carbocycles. The average molecular weight is 924 g/mol. The Hall–Kier alpha value is -6.52. The Balaban J connectivity index is 1.14. The van der Waals surface area contributed by atoms with Gasteiger partial charge in [0.15, 0.2) is 10.9 Å². The maximum Gasteiger partial charge on any atom is 0.250 e. The van der Waals surface area contributed by atoms with Crippen LogP contribution >= 0.6 is 0 Å². The van der Waals surface area contributed by atoms with Gasteiger partial charge in [-0.3, -0.25) is 9.59 Å². The quantitative estimate of drug-likeness (QED) is 0.0863.